The van der Waals surface area contributed by atoms with Crippen LogP contribution in [-0.2, 0) is 13.1 Å². The molecule has 0 unspecified atom stereocenters. The van der Waals surface area contributed by atoms with Crippen molar-refractivity contribution in [1.29, 1.82) is 0 Å². The van der Waals surface area contributed by atoms with Crippen molar-refractivity contribution in [1.82, 2.24) is 14.7 Å². The van der Waals surface area contributed by atoms with E-state index in [9.17, 15) is 9.18 Å². The lowest BCUT2D eigenvalue weighted by atomic mass is 10.1. The summed E-state index contributed by atoms with van der Waals surface area (Å²) in [6.45, 7) is 2.54. The number of benzene rings is 2. The average Bonchev–Trinajstić information content (AvgIpc) is 2.68. The lowest BCUT2D eigenvalue weighted by Crippen LogP contribution is -2.29. The van der Waals surface area contributed by atoms with Crippen LogP contribution >= 0.6 is 24.0 Å². The smallest absolute Gasteiger partial charge is 0.271 e. The molecule has 0 spiro atoms. The highest BCUT2D eigenvalue weighted by atomic mass is 35.5. The Bertz CT molecular complexity index is 1090. The van der Waals surface area contributed by atoms with Crippen LogP contribution in [0.25, 0.3) is 17.3 Å². The molecule has 1 heterocycles. The Morgan fingerprint density at radius 1 is 1.13 bits per heavy atom. The second-order valence-electron chi connectivity index (χ2n) is 7.20. The highest BCUT2D eigenvalue weighted by molar-refractivity contribution is 6.30. The van der Waals surface area contributed by atoms with Crippen molar-refractivity contribution in [3.05, 3.63) is 92.5 Å². The first kappa shape index (κ1) is 23.8. The Hall–Kier alpha value is -2.47. The number of hydrogen-bond donors (Lipinski definition) is 0. The SMILES string of the molecule is Cc1cc(-c2cc(CN(C)C)c(=O)n(C/C=C/c3ccc(Cl)cc3)n2)ccc1F.Cl. The molecule has 0 amide bonds. The number of hydrogen-bond acceptors (Lipinski definition) is 3. The molecule has 0 saturated carbocycles. The van der Waals surface area contributed by atoms with Crippen LogP contribution in [-0.4, -0.2) is 28.8 Å². The highest BCUT2D eigenvalue weighted by Crippen LogP contribution is 2.20. The quantitative estimate of drug-likeness (QED) is 0.520. The maximum Gasteiger partial charge on any atom is 0.271 e. The molecule has 3 rings (SSSR count). The monoisotopic (exact) mass is 447 g/mol. The number of rotatable bonds is 6. The molecule has 0 atom stereocenters. The first-order valence-corrected chi connectivity index (χ1v) is 9.65. The second-order valence-corrected chi connectivity index (χ2v) is 7.63. The molecular formula is C23H24Cl2FN3O. The minimum atomic E-state index is -0.263. The van der Waals surface area contributed by atoms with Gasteiger partial charge in [0, 0.05) is 22.7 Å². The van der Waals surface area contributed by atoms with Gasteiger partial charge in [-0.05, 0) is 68.5 Å². The predicted molar refractivity (Wildman–Crippen MR) is 124 cm³/mol. The Labute approximate surface area is 187 Å². The van der Waals surface area contributed by atoms with Crippen LogP contribution < -0.4 is 5.56 Å². The van der Waals surface area contributed by atoms with Gasteiger partial charge in [-0.25, -0.2) is 9.07 Å². The summed E-state index contributed by atoms with van der Waals surface area (Å²) in [5.41, 5.74) is 3.45. The molecule has 2 aromatic carbocycles. The molecule has 0 N–H and O–H groups in total. The number of aryl methyl sites for hydroxylation is 1. The summed E-state index contributed by atoms with van der Waals surface area (Å²) >= 11 is 5.91. The van der Waals surface area contributed by atoms with Gasteiger partial charge in [0.05, 0.1) is 12.2 Å². The molecule has 1 aromatic heterocycles. The van der Waals surface area contributed by atoms with Gasteiger partial charge in [-0.3, -0.25) is 4.79 Å². The van der Waals surface area contributed by atoms with Crippen molar-refractivity contribution < 1.29 is 4.39 Å². The zero-order valence-corrected chi connectivity index (χ0v) is 18.7. The standard InChI is InChI=1S/C23H23ClFN3O.ClH/c1-16-13-18(8-11-21(16)25)22-14-19(15-27(2)3)23(29)28(26-22)12-4-5-17-6-9-20(24)10-7-17;/h4-11,13-14H,12,15H2,1-3H3;1H/b5-4+;. The van der Waals surface area contributed by atoms with E-state index in [0.29, 0.717) is 34.9 Å². The lowest BCUT2D eigenvalue weighted by Gasteiger charge is -2.13. The molecule has 7 heteroatoms. The van der Waals surface area contributed by atoms with Gasteiger partial charge < -0.3 is 4.90 Å². The fourth-order valence-electron chi connectivity index (χ4n) is 2.98. The fourth-order valence-corrected chi connectivity index (χ4v) is 3.11. The van der Waals surface area contributed by atoms with Crippen LogP contribution in [0.2, 0.25) is 5.02 Å². The average molecular weight is 448 g/mol. The van der Waals surface area contributed by atoms with Gasteiger partial charge in [-0.15, -0.1) is 12.4 Å². The van der Waals surface area contributed by atoms with E-state index in [4.69, 9.17) is 11.6 Å². The first-order valence-electron chi connectivity index (χ1n) is 9.28. The van der Waals surface area contributed by atoms with Gasteiger partial charge >= 0.3 is 0 Å². The van der Waals surface area contributed by atoms with Crippen molar-refractivity contribution >= 4 is 30.1 Å². The van der Waals surface area contributed by atoms with Crippen LogP contribution in [0.4, 0.5) is 4.39 Å². The van der Waals surface area contributed by atoms with Gasteiger partial charge in [0.25, 0.3) is 5.56 Å². The molecule has 0 aliphatic rings. The summed E-state index contributed by atoms with van der Waals surface area (Å²) in [6.07, 6.45) is 3.81. The zero-order chi connectivity index (χ0) is 21.0. The van der Waals surface area contributed by atoms with Gasteiger partial charge in [0.2, 0.25) is 0 Å². The van der Waals surface area contributed by atoms with E-state index in [1.807, 2.05) is 55.4 Å². The Kier molecular flexibility index (Phi) is 8.35. The summed E-state index contributed by atoms with van der Waals surface area (Å²) in [7, 11) is 3.82. The molecular weight excluding hydrogens is 424 g/mol. The van der Waals surface area contributed by atoms with Crippen molar-refractivity contribution in [3.8, 4) is 11.3 Å². The molecule has 0 aliphatic heterocycles. The van der Waals surface area contributed by atoms with Crippen LogP contribution in [0.15, 0.2) is 59.4 Å². The number of nitrogens with zero attached hydrogens (tertiary/aromatic N) is 3. The van der Waals surface area contributed by atoms with Crippen LogP contribution in [0.3, 0.4) is 0 Å². The Balaban J connectivity index is 0.00000320. The minimum absolute atomic E-state index is 0. The third-order valence-corrected chi connectivity index (χ3v) is 4.70. The topological polar surface area (TPSA) is 38.1 Å². The maximum absolute atomic E-state index is 13.7. The van der Waals surface area contributed by atoms with E-state index in [-0.39, 0.29) is 23.8 Å². The molecule has 4 nitrogen and oxygen atoms in total. The molecule has 158 valence electrons. The van der Waals surface area contributed by atoms with Gasteiger partial charge in [-0.2, -0.15) is 5.10 Å². The van der Waals surface area contributed by atoms with E-state index >= 15 is 0 Å². The Morgan fingerprint density at radius 2 is 1.83 bits per heavy atom. The van der Waals surface area contributed by atoms with E-state index in [1.165, 1.54) is 10.7 Å². The second kappa shape index (κ2) is 10.5. The molecule has 0 aliphatic carbocycles. The largest absolute Gasteiger partial charge is 0.305 e. The normalized spacial score (nSPS) is 11.1. The fraction of sp³-hybridized carbons (Fsp3) is 0.217. The van der Waals surface area contributed by atoms with Gasteiger partial charge in [-0.1, -0.05) is 35.9 Å². The van der Waals surface area contributed by atoms with E-state index in [2.05, 4.69) is 5.10 Å². The minimum Gasteiger partial charge on any atom is -0.305 e. The third kappa shape index (κ3) is 6.02. The molecule has 30 heavy (non-hydrogen) atoms. The van der Waals surface area contributed by atoms with E-state index in [1.54, 1.807) is 25.1 Å². The van der Waals surface area contributed by atoms with Crippen molar-refractivity contribution in [2.75, 3.05) is 14.1 Å². The predicted octanol–water partition coefficient (Wildman–Crippen LogP) is 5.21. The summed E-state index contributed by atoms with van der Waals surface area (Å²) in [6, 6.07) is 14.1. The summed E-state index contributed by atoms with van der Waals surface area (Å²) < 4.78 is 15.1. The summed E-state index contributed by atoms with van der Waals surface area (Å²) in [4.78, 5) is 14.8. The van der Waals surface area contributed by atoms with Crippen molar-refractivity contribution in [3.63, 3.8) is 0 Å². The van der Waals surface area contributed by atoms with Crippen LogP contribution in [0.5, 0.6) is 0 Å². The number of halogens is 3. The van der Waals surface area contributed by atoms with E-state index in [0.717, 1.165) is 11.1 Å². The number of aromatic nitrogens is 2. The van der Waals surface area contributed by atoms with Crippen LogP contribution in [0, 0.1) is 12.7 Å². The van der Waals surface area contributed by atoms with Crippen molar-refractivity contribution in [2.24, 2.45) is 0 Å². The summed E-state index contributed by atoms with van der Waals surface area (Å²) in [5.74, 6) is -0.263. The zero-order valence-electron chi connectivity index (χ0n) is 17.1. The van der Waals surface area contributed by atoms with Gasteiger partial charge in [0.1, 0.15) is 5.82 Å². The molecule has 0 saturated heterocycles. The van der Waals surface area contributed by atoms with Crippen LogP contribution in [0.1, 0.15) is 16.7 Å². The van der Waals surface area contributed by atoms with E-state index < -0.39 is 0 Å². The molecule has 0 fully saturated rings. The van der Waals surface area contributed by atoms with Gasteiger partial charge in [0.15, 0.2) is 0 Å². The summed E-state index contributed by atoms with van der Waals surface area (Å²) in [5, 5.41) is 5.19. The lowest BCUT2D eigenvalue weighted by molar-refractivity contribution is 0.397. The third-order valence-electron chi connectivity index (χ3n) is 4.45. The molecule has 3 aromatic rings. The maximum atomic E-state index is 13.7. The molecule has 0 bridgehead atoms. The highest BCUT2D eigenvalue weighted by Gasteiger charge is 2.11. The van der Waals surface area contributed by atoms with Crippen molar-refractivity contribution in [2.45, 2.75) is 20.0 Å². The molecule has 0 radical (unpaired) electrons. The first-order chi connectivity index (χ1) is 13.8. The number of allylic oxidation sites excluding steroid dienone is 1. The Morgan fingerprint density at radius 3 is 2.47 bits per heavy atom.